The number of hydrogen-bond acceptors (Lipinski definition) is 4. The van der Waals surface area contributed by atoms with Crippen LogP contribution >= 0.6 is 0 Å². The molecule has 0 aliphatic heterocycles. The van der Waals surface area contributed by atoms with Crippen LogP contribution in [0.2, 0.25) is 0 Å². The first-order valence-corrected chi connectivity index (χ1v) is 14.3. The van der Waals surface area contributed by atoms with Crippen LogP contribution in [0.1, 0.15) is 123 Å². The lowest BCUT2D eigenvalue weighted by atomic mass is 9.98. The summed E-state index contributed by atoms with van der Waals surface area (Å²) in [6.07, 6.45) is 21.5. The van der Waals surface area contributed by atoms with Crippen LogP contribution in [-0.4, -0.2) is 25.7 Å². The summed E-state index contributed by atoms with van der Waals surface area (Å²) in [5.74, 6) is 0.560. The summed E-state index contributed by atoms with van der Waals surface area (Å²) in [4.78, 5) is 25.5. The van der Waals surface area contributed by atoms with E-state index in [0.717, 1.165) is 18.5 Å². The predicted molar refractivity (Wildman–Crippen MR) is 156 cm³/mol. The molecule has 4 nitrogen and oxygen atoms in total. The monoisotopic (exact) mass is 505 g/mol. The first-order valence-electron chi connectivity index (χ1n) is 14.3. The van der Waals surface area contributed by atoms with Gasteiger partial charge in [-0.1, -0.05) is 94.7 Å². The van der Waals surface area contributed by atoms with Gasteiger partial charge in [-0.15, -0.1) is 0 Å². The van der Waals surface area contributed by atoms with Gasteiger partial charge >= 0.3 is 0 Å². The van der Waals surface area contributed by atoms with Gasteiger partial charge in [0.15, 0.2) is 11.6 Å². The fourth-order valence-electron chi connectivity index (χ4n) is 4.50. The van der Waals surface area contributed by atoms with Gasteiger partial charge in [0.05, 0.1) is 12.7 Å². The average Bonchev–Trinajstić information content (AvgIpc) is 2.94. The van der Waals surface area contributed by atoms with Crippen molar-refractivity contribution in [1.29, 1.82) is 0 Å². The molecule has 0 radical (unpaired) electrons. The summed E-state index contributed by atoms with van der Waals surface area (Å²) < 4.78 is 5.39. The second kappa shape index (κ2) is 18.4. The minimum atomic E-state index is -0.115. The molecule has 0 fully saturated rings. The minimum absolute atomic E-state index is 0.115. The van der Waals surface area contributed by atoms with E-state index < -0.39 is 0 Å². The highest BCUT2D eigenvalue weighted by Gasteiger charge is 2.16. The van der Waals surface area contributed by atoms with Gasteiger partial charge in [-0.3, -0.25) is 9.59 Å². The van der Waals surface area contributed by atoms with E-state index in [1.54, 1.807) is 43.5 Å². The van der Waals surface area contributed by atoms with Crippen molar-refractivity contribution in [2.45, 2.75) is 96.8 Å². The van der Waals surface area contributed by atoms with Crippen LogP contribution in [0.3, 0.4) is 0 Å². The second-order valence-electron chi connectivity index (χ2n) is 9.83. The van der Waals surface area contributed by atoms with Crippen LogP contribution in [0.5, 0.6) is 5.75 Å². The molecular formula is C33H47NO3. The fraction of sp³-hybridized carbons (Fsp3) is 0.515. The van der Waals surface area contributed by atoms with Crippen LogP contribution in [-0.2, 0) is 0 Å². The Hall–Kier alpha value is -2.88. The molecule has 202 valence electrons. The molecule has 0 aliphatic carbocycles. The molecule has 2 aromatic carbocycles. The zero-order valence-corrected chi connectivity index (χ0v) is 23.3. The van der Waals surface area contributed by atoms with Crippen LogP contribution < -0.4 is 10.1 Å². The third kappa shape index (κ3) is 11.4. The van der Waals surface area contributed by atoms with E-state index in [1.807, 2.05) is 13.1 Å². The molecule has 2 rings (SSSR count). The number of Topliss-reactive ketones (excluding diaryl/α,β-unsaturated/α-hetero) is 1. The van der Waals surface area contributed by atoms with Crippen molar-refractivity contribution in [2.75, 3.05) is 19.5 Å². The van der Waals surface area contributed by atoms with Crippen molar-refractivity contribution in [3.05, 3.63) is 71.3 Å². The number of carbonyl (C=O) groups excluding carboxylic acids is 2. The summed E-state index contributed by atoms with van der Waals surface area (Å²) in [5.41, 5.74) is 2.61. The van der Waals surface area contributed by atoms with Crippen LogP contribution in [0.4, 0.5) is 5.69 Å². The minimum Gasteiger partial charge on any atom is -0.496 e. The Bertz CT molecular complexity index is 962. The Morgan fingerprint density at radius 1 is 0.757 bits per heavy atom. The molecule has 0 aliphatic rings. The maximum absolute atomic E-state index is 12.9. The van der Waals surface area contributed by atoms with Crippen LogP contribution in [0.15, 0.2) is 54.6 Å². The molecule has 0 bridgehead atoms. The molecule has 0 saturated heterocycles. The van der Waals surface area contributed by atoms with Gasteiger partial charge in [-0.05, 0) is 44.2 Å². The summed E-state index contributed by atoms with van der Waals surface area (Å²) >= 11 is 0. The lowest BCUT2D eigenvalue weighted by Gasteiger charge is -2.10. The van der Waals surface area contributed by atoms with Gasteiger partial charge in [-0.2, -0.15) is 0 Å². The van der Waals surface area contributed by atoms with Crippen molar-refractivity contribution in [3.8, 4) is 5.75 Å². The van der Waals surface area contributed by atoms with Gasteiger partial charge in [0.2, 0.25) is 0 Å². The van der Waals surface area contributed by atoms with Crippen molar-refractivity contribution in [3.63, 3.8) is 0 Å². The number of allylic oxidation sites excluding steroid dienone is 2. The maximum atomic E-state index is 12.9. The fourth-order valence-corrected chi connectivity index (χ4v) is 4.50. The molecule has 0 atom stereocenters. The number of carbonyl (C=O) groups is 2. The highest BCUT2D eigenvalue weighted by atomic mass is 16.5. The van der Waals surface area contributed by atoms with Gasteiger partial charge in [-0.25, -0.2) is 0 Å². The molecule has 2 aromatic rings. The Balaban J connectivity index is 1.62. The van der Waals surface area contributed by atoms with Gasteiger partial charge in [0.1, 0.15) is 5.75 Å². The van der Waals surface area contributed by atoms with E-state index in [0.29, 0.717) is 28.9 Å². The molecule has 0 aromatic heterocycles. The van der Waals surface area contributed by atoms with Gasteiger partial charge < -0.3 is 10.1 Å². The standard InChI is InChI=1S/C33H47NO3/c1-4-5-6-7-8-9-10-11-12-13-14-15-16-17-18-19-31(35)27-20-22-28(23-21-27)33(36)30-25-24-29(34-2)26-32(30)37-3/h11-12,20-26,34H,4-10,13-19H2,1-3H3. The highest BCUT2D eigenvalue weighted by molar-refractivity contribution is 6.11. The number of anilines is 1. The first kappa shape index (κ1) is 30.3. The van der Waals surface area contributed by atoms with E-state index in [9.17, 15) is 9.59 Å². The number of methoxy groups -OCH3 is 1. The normalized spacial score (nSPS) is 11.1. The van der Waals surface area contributed by atoms with Crippen LogP contribution in [0, 0.1) is 0 Å². The Morgan fingerprint density at radius 3 is 1.92 bits per heavy atom. The zero-order chi connectivity index (χ0) is 26.7. The van der Waals surface area contributed by atoms with E-state index in [4.69, 9.17) is 4.74 Å². The first-order chi connectivity index (χ1) is 18.1. The van der Waals surface area contributed by atoms with Gasteiger partial charge in [0.25, 0.3) is 0 Å². The van der Waals surface area contributed by atoms with Crippen LogP contribution in [0.25, 0.3) is 0 Å². The molecule has 1 N–H and O–H groups in total. The highest BCUT2D eigenvalue weighted by Crippen LogP contribution is 2.26. The number of ether oxygens (including phenoxy) is 1. The molecule has 0 heterocycles. The predicted octanol–water partition coefficient (Wildman–Crippen LogP) is 9.19. The quantitative estimate of drug-likeness (QED) is 0.111. The number of nitrogens with one attached hydrogen (secondary N) is 1. The number of ketones is 2. The van der Waals surface area contributed by atoms with E-state index in [-0.39, 0.29) is 11.6 Å². The molecule has 37 heavy (non-hydrogen) atoms. The lowest BCUT2D eigenvalue weighted by Crippen LogP contribution is -2.06. The number of hydrogen-bond donors (Lipinski definition) is 1. The molecule has 4 heteroatoms. The van der Waals surface area contributed by atoms with Crippen molar-refractivity contribution in [2.24, 2.45) is 0 Å². The summed E-state index contributed by atoms with van der Waals surface area (Å²) in [7, 11) is 3.38. The summed E-state index contributed by atoms with van der Waals surface area (Å²) in [5, 5.41) is 3.04. The summed E-state index contributed by atoms with van der Waals surface area (Å²) in [6.45, 7) is 2.26. The largest absolute Gasteiger partial charge is 0.496 e. The van der Waals surface area contributed by atoms with Crippen molar-refractivity contribution >= 4 is 17.3 Å². The average molecular weight is 506 g/mol. The number of benzene rings is 2. The Morgan fingerprint density at radius 2 is 1.32 bits per heavy atom. The van der Waals surface area contributed by atoms with E-state index in [2.05, 4.69) is 24.4 Å². The molecule has 0 spiro atoms. The third-order valence-electron chi connectivity index (χ3n) is 6.87. The Labute approximate surface area is 224 Å². The smallest absolute Gasteiger partial charge is 0.196 e. The van der Waals surface area contributed by atoms with Crippen molar-refractivity contribution in [1.82, 2.24) is 0 Å². The Kier molecular flexibility index (Phi) is 15.1. The molecule has 0 amide bonds. The van der Waals surface area contributed by atoms with Gasteiger partial charge in [0, 0.05) is 36.3 Å². The van der Waals surface area contributed by atoms with E-state index >= 15 is 0 Å². The molecular weight excluding hydrogens is 458 g/mol. The summed E-state index contributed by atoms with van der Waals surface area (Å²) in [6, 6.07) is 12.4. The van der Waals surface area contributed by atoms with E-state index in [1.165, 1.54) is 70.6 Å². The molecule has 0 unspecified atom stereocenters. The molecule has 0 saturated carbocycles. The topological polar surface area (TPSA) is 55.4 Å². The lowest BCUT2D eigenvalue weighted by molar-refractivity contribution is 0.0976. The second-order valence-corrected chi connectivity index (χ2v) is 9.83. The third-order valence-corrected chi connectivity index (χ3v) is 6.87. The SMILES string of the molecule is CCCCCCCCC=CCCCCCCCC(=O)c1ccc(C(=O)c2ccc(NC)cc2OC)cc1. The van der Waals surface area contributed by atoms with Crippen molar-refractivity contribution < 1.29 is 14.3 Å². The number of rotatable bonds is 20. The number of unbranched alkanes of at least 4 members (excludes halogenated alkanes) is 11. The maximum Gasteiger partial charge on any atom is 0.196 e. The zero-order valence-electron chi connectivity index (χ0n) is 23.3.